The number of hydrogen-bond donors (Lipinski definition) is 1. The van der Waals surface area contributed by atoms with Crippen molar-refractivity contribution >= 4 is 0 Å². The summed E-state index contributed by atoms with van der Waals surface area (Å²) in [6.45, 7) is 4.99. The molecule has 1 saturated heterocycles. The lowest BCUT2D eigenvalue weighted by Crippen LogP contribution is -2.43. The minimum atomic E-state index is 0.746. The lowest BCUT2D eigenvalue weighted by atomic mass is 9.83. The molecule has 1 saturated carbocycles. The molecule has 19 heavy (non-hydrogen) atoms. The third kappa shape index (κ3) is 5.16. The Labute approximate surface area is 119 Å². The predicted octanol–water partition coefficient (Wildman–Crippen LogP) is 3.03. The molecular weight excluding hydrogens is 232 g/mol. The zero-order chi connectivity index (χ0) is 13.3. The minimum Gasteiger partial charge on any atom is -0.312 e. The molecule has 0 spiro atoms. The normalized spacial score (nSPS) is 26.8. The summed E-state index contributed by atoms with van der Waals surface area (Å²) in [4.78, 5) is 2.68. The van der Waals surface area contributed by atoms with Crippen molar-refractivity contribution in [3.05, 3.63) is 0 Å². The van der Waals surface area contributed by atoms with Gasteiger partial charge in [-0.3, -0.25) is 0 Å². The lowest BCUT2D eigenvalue weighted by molar-refractivity contribution is 0.204. The highest BCUT2D eigenvalue weighted by molar-refractivity contribution is 4.85. The maximum atomic E-state index is 5.32. The van der Waals surface area contributed by atoms with Crippen molar-refractivity contribution in [2.45, 2.75) is 63.8 Å². The van der Waals surface area contributed by atoms with Gasteiger partial charge in [-0.15, -0.1) is 12.3 Å². The first-order valence-electron chi connectivity index (χ1n) is 8.29. The van der Waals surface area contributed by atoms with Gasteiger partial charge in [0.05, 0.1) is 0 Å². The predicted molar refractivity (Wildman–Crippen MR) is 82.1 cm³/mol. The van der Waals surface area contributed by atoms with Crippen molar-refractivity contribution in [3.63, 3.8) is 0 Å². The van der Waals surface area contributed by atoms with Crippen LogP contribution in [0.5, 0.6) is 0 Å². The van der Waals surface area contributed by atoms with Crippen LogP contribution in [0.3, 0.4) is 0 Å². The van der Waals surface area contributed by atoms with Gasteiger partial charge in [0.25, 0.3) is 0 Å². The van der Waals surface area contributed by atoms with Gasteiger partial charge < -0.3 is 10.2 Å². The van der Waals surface area contributed by atoms with Gasteiger partial charge >= 0.3 is 0 Å². The molecule has 1 aliphatic carbocycles. The average Bonchev–Trinajstić information content (AvgIpc) is 2.70. The first-order valence-corrected chi connectivity index (χ1v) is 8.29. The van der Waals surface area contributed by atoms with Crippen molar-refractivity contribution in [1.29, 1.82) is 0 Å². The highest BCUT2D eigenvalue weighted by atomic mass is 15.2. The van der Waals surface area contributed by atoms with Crippen LogP contribution in [-0.4, -0.2) is 37.1 Å². The maximum Gasteiger partial charge on any atom is 0.0223 e. The molecule has 0 bridgehead atoms. The molecule has 2 nitrogen and oxygen atoms in total. The van der Waals surface area contributed by atoms with E-state index in [1.54, 1.807) is 0 Å². The molecule has 2 rings (SSSR count). The molecule has 108 valence electrons. The molecule has 0 amide bonds. The molecule has 0 aromatic heterocycles. The van der Waals surface area contributed by atoms with Crippen LogP contribution >= 0.6 is 0 Å². The first kappa shape index (κ1) is 14.9. The average molecular weight is 262 g/mol. The van der Waals surface area contributed by atoms with Crippen LogP contribution in [0.1, 0.15) is 57.8 Å². The number of hydrogen-bond acceptors (Lipinski definition) is 2. The number of nitrogens with one attached hydrogen (secondary N) is 1. The summed E-state index contributed by atoms with van der Waals surface area (Å²) >= 11 is 0. The standard InChI is InChI=1S/C17H30N2/c1-2-3-4-8-13-19-14-9-12-18-17(15-19)16-10-6-5-7-11-16/h1,16-18H,3-15H2. The number of rotatable bonds is 5. The molecule has 0 radical (unpaired) electrons. The lowest BCUT2D eigenvalue weighted by Gasteiger charge is -2.33. The minimum absolute atomic E-state index is 0.746. The molecule has 2 aliphatic rings. The zero-order valence-corrected chi connectivity index (χ0v) is 12.4. The van der Waals surface area contributed by atoms with Crippen molar-refractivity contribution < 1.29 is 0 Å². The van der Waals surface area contributed by atoms with E-state index in [4.69, 9.17) is 6.42 Å². The summed E-state index contributed by atoms with van der Waals surface area (Å²) in [5.41, 5.74) is 0. The SMILES string of the molecule is C#CCCCCN1CCCNC(C2CCCCC2)C1. The van der Waals surface area contributed by atoms with Crippen molar-refractivity contribution in [3.8, 4) is 12.3 Å². The van der Waals surface area contributed by atoms with E-state index in [2.05, 4.69) is 16.1 Å². The molecule has 2 heteroatoms. The highest BCUT2D eigenvalue weighted by Gasteiger charge is 2.26. The monoisotopic (exact) mass is 262 g/mol. The summed E-state index contributed by atoms with van der Waals surface area (Å²) < 4.78 is 0. The highest BCUT2D eigenvalue weighted by Crippen LogP contribution is 2.27. The van der Waals surface area contributed by atoms with E-state index in [0.29, 0.717) is 0 Å². The summed E-state index contributed by atoms with van der Waals surface area (Å²) in [5, 5.41) is 3.81. The first-order chi connectivity index (χ1) is 9.40. The van der Waals surface area contributed by atoms with Gasteiger partial charge in [0.15, 0.2) is 0 Å². The smallest absolute Gasteiger partial charge is 0.0223 e. The molecule has 1 N–H and O–H groups in total. The van der Waals surface area contributed by atoms with E-state index in [-0.39, 0.29) is 0 Å². The van der Waals surface area contributed by atoms with Gasteiger partial charge in [-0.2, -0.15) is 0 Å². The number of unbranched alkanes of at least 4 members (excludes halogenated alkanes) is 2. The number of nitrogens with zero attached hydrogens (tertiary/aromatic N) is 1. The van der Waals surface area contributed by atoms with E-state index >= 15 is 0 Å². The summed E-state index contributed by atoms with van der Waals surface area (Å²) in [6, 6.07) is 0.746. The largest absolute Gasteiger partial charge is 0.312 e. The van der Waals surface area contributed by atoms with Crippen LogP contribution in [0.2, 0.25) is 0 Å². The fourth-order valence-corrected chi connectivity index (χ4v) is 3.64. The Kier molecular flexibility index (Phi) is 6.74. The van der Waals surface area contributed by atoms with E-state index in [9.17, 15) is 0 Å². The van der Waals surface area contributed by atoms with Crippen LogP contribution in [0.4, 0.5) is 0 Å². The van der Waals surface area contributed by atoms with Gasteiger partial charge in [-0.25, -0.2) is 0 Å². The van der Waals surface area contributed by atoms with Gasteiger partial charge in [0.2, 0.25) is 0 Å². The maximum absolute atomic E-state index is 5.32. The van der Waals surface area contributed by atoms with Gasteiger partial charge in [0, 0.05) is 19.0 Å². The summed E-state index contributed by atoms with van der Waals surface area (Å²) in [6.07, 6.45) is 17.3. The van der Waals surface area contributed by atoms with E-state index < -0.39 is 0 Å². The zero-order valence-electron chi connectivity index (χ0n) is 12.4. The van der Waals surface area contributed by atoms with Crippen molar-refractivity contribution in [1.82, 2.24) is 10.2 Å². The van der Waals surface area contributed by atoms with Gasteiger partial charge in [-0.1, -0.05) is 19.3 Å². The van der Waals surface area contributed by atoms with Crippen molar-refractivity contribution in [2.75, 3.05) is 26.2 Å². The van der Waals surface area contributed by atoms with E-state index in [1.165, 1.54) is 77.5 Å². The summed E-state index contributed by atoms with van der Waals surface area (Å²) in [7, 11) is 0. The Morgan fingerprint density at radius 3 is 2.74 bits per heavy atom. The molecule has 0 aromatic rings. The Morgan fingerprint density at radius 2 is 1.95 bits per heavy atom. The van der Waals surface area contributed by atoms with Gasteiger partial charge in [0.1, 0.15) is 0 Å². The third-order valence-corrected chi connectivity index (χ3v) is 4.78. The quantitative estimate of drug-likeness (QED) is 0.605. The van der Waals surface area contributed by atoms with Crippen LogP contribution in [-0.2, 0) is 0 Å². The Hall–Kier alpha value is -0.520. The van der Waals surface area contributed by atoms with Crippen LogP contribution in [0, 0.1) is 18.3 Å². The Balaban J connectivity index is 1.75. The molecule has 2 fully saturated rings. The molecule has 1 heterocycles. The Morgan fingerprint density at radius 1 is 1.11 bits per heavy atom. The van der Waals surface area contributed by atoms with Crippen molar-refractivity contribution in [2.24, 2.45) is 5.92 Å². The Bertz CT molecular complexity index is 275. The fourth-order valence-electron chi connectivity index (χ4n) is 3.64. The topological polar surface area (TPSA) is 15.3 Å². The third-order valence-electron chi connectivity index (χ3n) is 4.78. The molecule has 1 aliphatic heterocycles. The molecular formula is C17H30N2. The summed E-state index contributed by atoms with van der Waals surface area (Å²) in [5.74, 6) is 3.68. The van der Waals surface area contributed by atoms with Crippen LogP contribution in [0.25, 0.3) is 0 Å². The van der Waals surface area contributed by atoms with E-state index in [0.717, 1.165) is 18.4 Å². The second-order valence-corrected chi connectivity index (χ2v) is 6.27. The molecule has 1 unspecified atom stereocenters. The second-order valence-electron chi connectivity index (χ2n) is 6.27. The molecule has 1 atom stereocenters. The second kappa shape index (κ2) is 8.61. The van der Waals surface area contributed by atoms with Crippen LogP contribution in [0.15, 0.2) is 0 Å². The van der Waals surface area contributed by atoms with Crippen LogP contribution < -0.4 is 5.32 Å². The fraction of sp³-hybridized carbons (Fsp3) is 0.882. The van der Waals surface area contributed by atoms with E-state index in [1.807, 2.05) is 0 Å². The van der Waals surface area contributed by atoms with Gasteiger partial charge in [-0.05, 0) is 57.7 Å². The number of terminal acetylenes is 1. The molecule has 0 aromatic carbocycles.